The monoisotopic (exact) mass is 277 g/mol. The van der Waals surface area contributed by atoms with Gasteiger partial charge < -0.3 is 15.0 Å². The first-order valence-electron chi connectivity index (χ1n) is 8.13. The van der Waals surface area contributed by atoms with E-state index in [4.69, 9.17) is 10.5 Å². The summed E-state index contributed by atoms with van der Waals surface area (Å²) in [6, 6.07) is 0.225. The van der Waals surface area contributed by atoms with E-state index in [1.54, 1.807) is 0 Å². The van der Waals surface area contributed by atoms with Crippen LogP contribution in [0, 0.1) is 0 Å². The van der Waals surface area contributed by atoms with Crippen molar-refractivity contribution in [1.82, 2.24) is 9.55 Å². The van der Waals surface area contributed by atoms with Crippen LogP contribution in [0.3, 0.4) is 0 Å². The molecule has 2 unspecified atom stereocenters. The van der Waals surface area contributed by atoms with Crippen LogP contribution >= 0.6 is 0 Å². The molecule has 1 saturated heterocycles. The molecule has 2 N–H and O–H groups in total. The Morgan fingerprint density at radius 3 is 3.00 bits per heavy atom. The first kappa shape index (κ1) is 14.1. The van der Waals surface area contributed by atoms with Crippen molar-refractivity contribution in [1.29, 1.82) is 0 Å². The fourth-order valence-electron chi connectivity index (χ4n) is 3.67. The van der Waals surface area contributed by atoms with Gasteiger partial charge in [0.15, 0.2) is 0 Å². The number of nitrogens with zero attached hydrogens (tertiary/aromatic N) is 2. The van der Waals surface area contributed by atoms with Gasteiger partial charge in [0.1, 0.15) is 0 Å². The van der Waals surface area contributed by atoms with Gasteiger partial charge in [-0.15, -0.1) is 0 Å². The standard InChI is InChI=1S/C16H27N3O/c1-2-13(17)9-14-10-19(12-18-14)11-15-5-8-16(20-15)6-3-4-7-16/h10,12-13,15H,2-9,11,17H2,1H3. The van der Waals surface area contributed by atoms with Gasteiger partial charge in [-0.2, -0.15) is 0 Å². The van der Waals surface area contributed by atoms with Crippen LogP contribution in [0.2, 0.25) is 0 Å². The summed E-state index contributed by atoms with van der Waals surface area (Å²) >= 11 is 0. The van der Waals surface area contributed by atoms with Crippen LogP contribution < -0.4 is 5.73 Å². The van der Waals surface area contributed by atoms with E-state index < -0.39 is 0 Å². The molecule has 112 valence electrons. The van der Waals surface area contributed by atoms with Crippen LogP contribution in [0.15, 0.2) is 12.5 Å². The Balaban J connectivity index is 1.53. The maximum Gasteiger partial charge on any atom is 0.0950 e. The number of imidazole rings is 1. The molecule has 1 saturated carbocycles. The Morgan fingerprint density at radius 1 is 1.45 bits per heavy atom. The summed E-state index contributed by atoms with van der Waals surface area (Å²) < 4.78 is 8.53. The zero-order chi connectivity index (χ0) is 14.0. The molecule has 20 heavy (non-hydrogen) atoms. The average molecular weight is 277 g/mol. The Hall–Kier alpha value is -0.870. The Morgan fingerprint density at radius 2 is 2.25 bits per heavy atom. The van der Waals surface area contributed by atoms with Gasteiger partial charge in [0, 0.05) is 25.2 Å². The third-order valence-electron chi connectivity index (χ3n) is 4.95. The molecule has 1 aromatic rings. The summed E-state index contributed by atoms with van der Waals surface area (Å²) in [6.45, 7) is 3.06. The molecule has 4 heteroatoms. The molecule has 1 spiro atoms. The summed E-state index contributed by atoms with van der Waals surface area (Å²) in [4.78, 5) is 4.46. The Bertz CT molecular complexity index is 437. The quantitative estimate of drug-likeness (QED) is 0.900. The average Bonchev–Trinajstić information content (AvgIpc) is 3.15. The fraction of sp³-hybridized carbons (Fsp3) is 0.812. The van der Waals surface area contributed by atoms with Crippen molar-refractivity contribution >= 4 is 0 Å². The van der Waals surface area contributed by atoms with Gasteiger partial charge in [0.25, 0.3) is 0 Å². The van der Waals surface area contributed by atoms with E-state index in [0.29, 0.717) is 6.10 Å². The first-order valence-corrected chi connectivity index (χ1v) is 8.13. The van der Waals surface area contributed by atoms with Gasteiger partial charge in [0.05, 0.1) is 23.7 Å². The van der Waals surface area contributed by atoms with Gasteiger partial charge in [-0.1, -0.05) is 19.8 Å². The van der Waals surface area contributed by atoms with Gasteiger partial charge in [-0.05, 0) is 32.1 Å². The first-order chi connectivity index (χ1) is 9.69. The van der Waals surface area contributed by atoms with Crippen LogP contribution in [-0.4, -0.2) is 27.3 Å². The lowest BCUT2D eigenvalue weighted by atomic mass is 9.98. The van der Waals surface area contributed by atoms with Gasteiger partial charge >= 0.3 is 0 Å². The van der Waals surface area contributed by atoms with E-state index in [9.17, 15) is 0 Å². The summed E-state index contributed by atoms with van der Waals surface area (Å²) in [6.07, 6.45) is 14.0. The van der Waals surface area contributed by atoms with Gasteiger partial charge in [0.2, 0.25) is 0 Å². The van der Waals surface area contributed by atoms with Crippen LogP contribution in [-0.2, 0) is 17.7 Å². The van der Waals surface area contributed by atoms with Crippen molar-refractivity contribution in [3.8, 4) is 0 Å². The normalized spacial score (nSPS) is 26.4. The van der Waals surface area contributed by atoms with Crippen molar-refractivity contribution in [2.75, 3.05) is 0 Å². The second kappa shape index (κ2) is 5.86. The minimum absolute atomic E-state index is 0.225. The predicted octanol–water partition coefficient (Wildman–Crippen LogP) is 2.65. The molecular weight excluding hydrogens is 250 g/mol. The molecule has 4 nitrogen and oxygen atoms in total. The molecule has 2 fully saturated rings. The number of hydrogen-bond acceptors (Lipinski definition) is 3. The van der Waals surface area contributed by atoms with Crippen molar-refractivity contribution in [3.63, 3.8) is 0 Å². The number of aromatic nitrogens is 2. The topological polar surface area (TPSA) is 53.1 Å². The Kier molecular flexibility index (Phi) is 4.13. The second-order valence-electron chi connectivity index (χ2n) is 6.60. The highest BCUT2D eigenvalue weighted by Gasteiger charge is 2.42. The summed E-state index contributed by atoms with van der Waals surface area (Å²) in [5.74, 6) is 0. The lowest BCUT2D eigenvalue weighted by Crippen LogP contribution is -2.26. The highest BCUT2D eigenvalue weighted by Crippen LogP contribution is 2.43. The third kappa shape index (κ3) is 3.07. The van der Waals surface area contributed by atoms with Crippen LogP contribution in [0.5, 0.6) is 0 Å². The minimum atomic E-state index is 0.225. The zero-order valence-corrected chi connectivity index (χ0v) is 12.6. The molecule has 2 aliphatic rings. The molecule has 0 bridgehead atoms. The SMILES string of the molecule is CCC(N)Cc1cn(CC2CCC3(CCCC3)O2)cn1. The smallest absolute Gasteiger partial charge is 0.0950 e. The van der Waals surface area contributed by atoms with E-state index in [0.717, 1.165) is 25.1 Å². The van der Waals surface area contributed by atoms with Crippen molar-refractivity contribution < 1.29 is 4.74 Å². The third-order valence-corrected chi connectivity index (χ3v) is 4.95. The van der Waals surface area contributed by atoms with Crippen LogP contribution in [0.1, 0.15) is 57.6 Å². The highest BCUT2D eigenvalue weighted by molar-refractivity contribution is 5.00. The van der Waals surface area contributed by atoms with Crippen molar-refractivity contribution in [3.05, 3.63) is 18.2 Å². The number of rotatable bonds is 5. The predicted molar refractivity (Wildman–Crippen MR) is 79.5 cm³/mol. The van der Waals surface area contributed by atoms with Crippen LogP contribution in [0.25, 0.3) is 0 Å². The molecular formula is C16H27N3O. The molecule has 2 heterocycles. The lowest BCUT2D eigenvalue weighted by molar-refractivity contribution is -0.0418. The van der Waals surface area contributed by atoms with E-state index in [1.165, 1.54) is 38.5 Å². The van der Waals surface area contributed by atoms with Gasteiger partial charge in [-0.3, -0.25) is 0 Å². The van der Waals surface area contributed by atoms with E-state index in [2.05, 4.69) is 22.7 Å². The summed E-state index contributed by atoms with van der Waals surface area (Å²) in [7, 11) is 0. The minimum Gasteiger partial charge on any atom is -0.370 e. The molecule has 1 aromatic heterocycles. The Labute approximate surface area is 121 Å². The fourth-order valence-corrected chi connectivity index (χ4v) is 3.67. The second-order valence-corrected chi connectivity index (χ2v) is 6.60. The molecule has 0 amide bonds. The molecule has 0 radical (unpaired) electrons. The summed E-state index contributed by atoms with van der Waals surface area (Å²) in [5.41, 5.74) is 7.32. The van der Waals surface area contributed by atoms with E-state index >= 15 is 0 Å². The number of ether oxygens (including phenoxy) is 1. The van der Waals surface area contributed by atoms with Gasteiger partial charge in [-0.25, -0.2) is 4.98 Å². The van der Waals surface area contributed by atoms with Crippen molar-refractivity contribution in [2.24, 2.45) is 5.73 Å². The van der Waals surface area contributed by atoms with Crippen molar-refractivity contribution in [2.45, 2.75) is 82.6 Å². The lowest BCUT2D eigenvalue weighted by Gasteiger charge is -2.23. The molecule has 3 rings (SSSR count). The van der Waals surface area contributed by atoms with Crippen LogP contribution in [0.4, 0.5) is 0 Å². The maximum absolute atomic E-state index is 6.35. The van der Waals surface area contributed by atoms with E-state index in [-0.39, 0.29) is 11.6 Å². The molecule has 0 aromatic carbocycles. The summed E-state index contributed by atoms with van der Waals surface area (Å²) in [5, 5.41) is 0. The number of hydrogen-bond donors (Lipinski definition) is 1. The highest BCUT2D eigenvalue weighted by atomic mass is 16.5. The van der Waals surface area contributed by atoms with E-state index in [1.807, 2.05) is 6.33 Å². The molecule has 2 atom stereocenters. The zero-order valence-electron chi connectivity index (χ0n) is 12.6. The number of nitrogens with two attached hydrogens (primary N) is 1. The maximum atomic E-state index is 6.35. The molecule has 1 aliphatic carbocycles. The molecule has 1 aliphatic heterocycles. The largest absolute Gasteiger partial charge is 0.370 e.